The van der Waals surface area contributed by atoms with Gasteiger partial charge in [0.1, 0.15) is 17.9 Å². The molecule has 0 bridgehead atoms. The van der Waals surface area contributed by atoms with Crippen LogP contribution in [0.5, 0.6) is 0 Å². The Morgan fingerprint density at radius 2 is 1.90 bits per heavy atom. The van der Waals surface area contributed by atoms with Gasteiger partial charge in [-0.15, -0.1) is 0 Å². The lowest BCUT2D eigenvalue weighted by Gasteiger charge is -2.43. The monoisotopic (exact) mass is 418 g/mol. The van der Waals surface area contributed by atoms with Crippen molar-refractivity contribution in [2.75, 3.05) is 13.1 Å². The molecular weight excluding hydrogens is 392 g/mol. The van der Waals surface area contributed by atoms with Gasteiger partial charge in [-0.2, -0.15) is 0 Å². The van der Waals surface area contributed by atoms with Crippen LogP contribution in [0.1, 0.15) is 47.3 Å². The first-order valence-electron chi connectivity index (χ1n) is 10.8. The molecule has 5 rings (SSSR count). The summed E-state index contributed by atoms with van der Waals surface area (Å²) in [5.41, 5.74) is 3.06. The summed E-state index contributed by atoms with van der Waals surface area (Å²) >= 11 is 0. The van der Waals surface area contributed by atoms with Gasteiger partial charge in [-0.05, 0) is 49.4 Å². The number of benzene rings is 1. The Morgan fingerprint density at radius 3 is 2.68 bits per heavy atom. The number of pyridine rings is 1. The molecule has 31 heavy (non-hydrogen) atoms. The Kier molecular flexibility index (Phi) is 4.98. The predicted octanol–water partition coefficient (Wildman–Crippen LogP) is 3.37. The second kappa shape index (κ2) is 7.81. The van der Waals surface area contributed by atoms with E-state index >= 15 is 0 Å². The summed E-state index contributed by atoms with van der Waals surface area (Å²) in [6.07, 6.45) is 6.41. The van der Waals surface area contributed by atoms with Gasteiger partial charge in [0.25, 0.3) is 5.91 Å². The van der Waals surface area contributed by atoms with E-state index < -0.39 is 0 Å². The second-order valence-electron chi connectivity index (χ2n) is 8.56. The van der Waals surface area contributed by atoms with Gasteiger partial charge < -0.3 is 9.30 Å². The van der Waals surface area contributed by atoms with E-state index in [1.807, 2.05) is 64.9 Å². The average Bonchev–Trinajstić information content (AvgIpc) is 3.34. The van der Waals surface area contributed by atoms with E-state index in [2.05, 4.69) is 4.98 Å². The number of aryl methyl sites for hydroxylation is 1. The number of carbonyl (C=O) groups is 2. The highest BCUT2D eigenvalue weighted by Gasteiger charge is 2.49. The second-order valence-corrected chi connectivity index (χ2v) is 8.56. The molecule has 2 amide bonds. The molecule has 0 aliphatic carbocycles. The van der Waals surface area contributed by atoms with Crippen LogP contribution in [0.4, 0.5) is 0 Å². The van der Waals surface area contributed by atoms with Crippen LogP contribution in [-0.4, -0.2) is 49.8 Å². The third-order valence-corrected chi connectivity index (χ3v) is 6.48. The number of likely N-dealkylation sites (tertiary alicyclic amines) is 1. The van der Waals surface area contributed by atoms with Gasteiger partial charge in [-0.3, -0.25) is 14.4 Å². The van der Waals surface area contributed by atoms with E-state index in [9.17, 15) is 9.59 Å². The van der Waals surface area contributed by atoms with Crippen LogP contribution >= 0.6 is 0 Å². The van der Waals surface area contributed by atoms with E-state index in [4.69, 9.17) is 4.84 Å². The van der Waals surface area contributed by atoms with Crippen molar-refractivity contribution in [2.45, 2.75) is 44.8 Å². The zero-order valence-electron chi connectivity index (χ0n) is 17.7. The molecule has 0 radical (unpaired) electrons. The molecule has 7 nitrogen and oxygen atoms in total. The van der Waals surface area contributed by atoms with Gasteiger partial charge in [-0.1, -0.05) is 30.3 Å². The molecule has 1 spiro atoms. The molecule has 7 heteroatoms. The topological polar surface area (TPSA) is 67.2 Å². The number of nitrogens with zero attached hydrogens (tertiary/aromatic N) is 4. The highest BCUT2D eigenvalue weighted by atomic mass is 16.7. The Bertz CT molecular complexity index is 1120. The fraction of sp³-hybridized carbons (Fsp3) is 0.375. The van der Waals surface area contributed by atoms with E-state index in [0.717, 1.165) is 23.2 Å². The summed E-state index contributed by atoms with van der Waals surface area (Å²) in [4.78, 5) is 37.9. The van der Waals surface area contributed by atoms with Crippen molar-refractivity contribution in [2.24, 2.45) is 0 Å². The molecule has 4 heterocycles. The maximum atomic E-state index is 13.1. The number of carbonyl (C=O) groups excluding carboxylic acids is 2. The predicted molar refractivity (Wildman–Crippen MR) is 115 cm³/mol. The van der Waals surface area contributed by atoms with Gasteiger partial charge in [0.15, 0.2) is 0 Å². The normalized spacial score (nSPS) is 18.3. The molecule has 2 aliphatic heterocycles. The minimum Gasteiger partial charge on any atom is -0.337 e. The molecule has 2 aromatic heterocycles. The SMILES string of the molecule is Cc1ccn2cc(C(=O)N3CCC4(CCC(=O)N4OCc4ccccc4)CC3)nc2c1. The van der Waals surface area contributed by atoms with Gasteiger partial charge >= 0.3 is 0 Å². The van der Waals surface area contributed by atoms with Crippen LogP contribution in [-0.2, 0) is 16.2 Å². The third-order valence-electron chi connectivity index (χ3n) is 6.48. The summed E-state index contributed by atoms with van der Waals surface area (Å²) in [5, 5.41) is 1.61. The van der Waals surface area contributed by atoms with E-state index in [-0.39, 0.29) is 17.4 Å². The lowest BCUT2D eigenvalue weighted by molar-refractivity contribution is -0.221. The van der Waals surface area contributed by atoms with E-state index in [1.54, 1.807) is 11.3 Å². The number of piperidine rings is 1. The lowest BCUT2D eigenvalue weighted by atomic mass is 9.86. The first-order valence-corrected chi connectivity index (χ1v) is 10.8. The Hall–Kier alpha value is -3.19. The third kappa shape index (κ3) is 3.70. The Labute approximate surface area is 181 Å². The Morgan fingerprint density at radius 1 is 1.13 bits per heavy atom. The number of hydroxylamine groups is 2. The maximum Gasteiger partial charge on any atom is 0.274 e. The quantitative estimate of drug-likeness (QED) is 0.652. The first-order chi connectivity index (χ1) is 15.0. The molecule has 0 saturated carbocycles. The van der Waals surface area contributed by atoms with E-state index in [0.29, 0.717) is 44.7 Å². The molecule has 160 valence electrons. The van der Waals surface area contributed by atoms with Crippen molar-refractivity contribution in [3.8, 4) is 0 Å². The Balaban J connectivity index is 1.26. The van der Waals surface area contributed by atoms with Crippen LogP contribution in [0.2, 0.25) is 0 Å². The summed E-state index contributed by atoms with van der Waals surface area (Å²) in [6, 6.07) is 13.8. The number of rotatable bonds is 4. The van der Waals surface area contributed by atoms with Crippen LogP contribution in [0.3, 0.4) is 0 Å². The highest BCUT2D eigenvalue weighted by molar-refractivity contribution is 5.93. The summed E-state index contributed by atoms with van der Waals surface area (Å²) in [7, 11) is 0. The minimum absolute atomic E-state index is 0.0337. The van der Waals surface area contributed by atoms with Crippen LogP contribution < -0.4 is 0 Å². The first kappa shape index (κ1) is 19.8. The summed E-state index contributed by atoms with van der Waals surface area (Å²) in [5.74, 6) is -0.0243. The highest BCUT2D eigenvalue weighted by Crippen LogP contribution is 2.39. The van der Waals surface area contributed by atoms with Gasteiger partial charge in [0, 0.05) is 31.9 Å². The molecule has 0 N–H and O–H groups in total. The van der Waals surface area contributed by atoms with E-state index in [1.165, 1.54) is 0 Å². The molecule has 1 aromatic carbocycles. The van der Waals surface area contributed by atoms with Crippen molar-refractivity contribution in [1.29, 1.82) is 0 Å². The van der Waals surface area contributed by atoms with Crippen molar-refractivity contribution in [3.05, 3.63) is 71.7 Å². The van der Waals surface area contributed by atoms with Gasteiger partial charge in [-0.25, -0.2) is 10.0 Å². The molecule has 2 aliphatic rings. The number of aromatic nitrogens is 2. The maximum absolute atomic E-state index is 13.1. The number of fused-ring (bicyclic) bond motifs is 1. The van der Waals surface area contributed by atoms with Crippen LogP contribution in [0.25, 0.3) is 5.65 Å². The van der Waals surface area contributed by atoms with Crippen molar-refractivity contribution in [1.82, 2.24) is 19.3 Å². The number of hydrogen-bond donors (Lipinski definition) is 0. The zero-order chi connectivity index (χ0) is 21.4. The zero-order valence-corrected chi connectivity index (χ0v) is 17.7. The number of hydrogen-bond acceptors (Lipinski definition) is 4. The lowest BCUT2D eigenvalue weighted by Crippen LogP contribution is -2.54. The molecule has 3 aromatic rings. The smallest absolute Gasteiger partial charge is 0.274 e. The molecule has 0 atom stereocenters. The van der Waals surface area contributed by atoms with Crippen molar-refractivity contribution in [3.63, 3.8) is 0 Å². The molecule has 2 fully saturated rings. The van der Waals surface area contributed by atoms with Crippen molar-refractivity contribution >= 4 is 17.5 Å². The number of amides is 2. The van der Waals surface area contributed by atoms with Crippen molar-refractivity contribution < 1.29 is 14.4 Å². The van der Waals surface area contributed by atoms with Gasteiger partial charge in [0.05, 0.1) is 5.54 Å². The molecule has 2 saturated heterocycles. The van der Waals surface area contributed by atoms with Gasteiger partial charge in [0.2, 0.25) is 5.91 Å². The number of imidazole rings is 1. The minimum atomic E-state index is -0.321. The van der Waals surface area contributed by atoms with Crippen LogP contribution in [0, 0.1) is 6.92 Å². The summed E-state index contributed by atoms with van der Waals surface area (Å²) in [6.45, 7) is 3.56. The fourth-order valence-electron chi connectivity index (χ4n) is 4.66. The standard InChI is InChI=1S/C24H26N4O3/c1-18-8-12-27-16-20(25-21(27)15-18)23(30)26-13-10-24(11-14-26)9-7-22(29)28(24)31-17-19-5-3-2-4-6-19/h2-6,8,12,15-16H,7,9-11,13-14,17H2,1H3. The largest absolute Gasteiger partial charge is 0.337 e. The fourth-order valence-corrected chi connectivity index (χ4v) is 4.66. The molecular formula is C24H26N4O3. The summed E-state index contributed by atoms with van der Waals surface area (Å²) < 4.78 is 1.88. The average molecular weight is 418 g/mol. The molecule has 0 unspecified atom stereocenters. The van der Waals surface area contributed by atoms with Crippen LogP contribution in [0.15, 0.2) is 54.9 Å².